The Kier molecular flexibility index (Phi) is 7.11. The highest BCUT2D eigenvalue weighted by Crippen LogP contribution is 2.32. The second-order valence-corrected chi connectivity index (χ2v) is 8.20. The molecule has 0 bridgehead atoms. The summed E-state index contributed by atoms with van der Waals surface area (Å²) in [6.45, 7) is 2.04. The minimum Gasteiger partial charge on any atom is -0.484 e. The van der Waals surface area contributed by atoms with Gasteiger partial charge in [-0.25, -0.2) is 0 Å². The first kappa shape index (κ1) is 21.1. The third-order valence-electron chi connectivity index (χ3n) is 4.13. The number of rotatable bonds is 7. The monoisotopic (exact) mass is 474 g/mol. The van der Waals surface area contributed by atoms with E-state index in [1.54, 1.807) is 12.1 Å². The van der Waals surface area contributed by atoms with Gasteiger partial charge in [-0.15, -0.1) is 0 Å². The number of nitrogens with zero attached hydrogens (tertiary/aromatic N) is 1. The zero-order valence-electron chi connectivity index (χ0n) is 15.7. The van der Waals surface area contributed by atoms with Crippen LogP contribution < -0.4 is 10.1 Å². The van der Waals surface area contributed by atoms with Crippen molar-refractivity contribution in [3.63, 3.8) is 0 Å². The summed E-state index contributed by atoms with van der Waals surface area (Å²) in [5.41, 5.74) is 1.77. The lowest BCUT2D eigenvalue weighted by atomic mass is 10.2. The summed E-state index contributed by atoms with van der Waals surface area (Å²) in [6.07, 6.45) is 1.68. The van der Waals surface area contributed by atoms with E-state index in [-0.39, 0.29) is 36.7 Å². The Hall–Kier alpha value is -2.58. The van der Waals surface area contributed by atoms with Crippen LogP contribution in [0.5, 0.6) is 5.75 Å². The van der Waals surface area contributed by atoms with Crippen molar-refractivity contribution in [3.05, 3.63) is 69.0 Å². The van der Waals surface area contributed by atoms with Gasteiger partial charge >= 0.3 is 0 Å². The first-order valence-corrected chi connectivity index (χ1v) is 10.5. The van der Waals surface area contributed by atoms with Gasteiger partial charge in [-0.2, -0.15) is 0 Å². The molecule has 0 aromatic heterocycles. The van der Waals surface area contributed by atoms with Gasteiger partial charge in [0.15, 0.2) is 6.61 Å². The summed E-state index contributed by atoms with van der Waals surface area (Å²) < 4.78 is 6.37. The minimum atomic E-state index is -0.356. The maximum absolute atomic E-state index is 12.5. The van der Waals surface area contributed by atoms with E-state index in [0.29, 0.717) is 10.7 Å². The number of ether oxygens (including phenoxy) is 1. The third-order valence-corrected chi connectivity index (χ3v) is 5.53. The van der Waals surface area contributed by atoms with Crippen molar-refractivity contribution in [3.8, 4) is 5.75 Å². The number of aryl methyl sites for hydroxylation is 1. The van der Waals surface area contributed by atoms with E-state index in [2.05, 4.69) is 21.2 Å². The molecule has 6 nitrogen and oxygen atoms in total. The lowest BCUT2D eigenvalue weighted by Crippen LogP contribution is -2.38. The van der Waals surface area contributed by atoms with Crippen LogP contribution in [0.2, 0.25) is 0 Å². The van der Waals surface area contributed by atoms with Gasteiger partial charge in [0.2, 0.25) is 0 Å². The van der Waals surface area contributed by atoms with Crippen molar-refractivity contribution < 1.29 is 19.1 Å². The molecule has 2 aromatic rings. The Morgan fingerprint density at radius 1 is 1.21 bits per heavy atom. The van der Waals surface area contributed by atoms with Crippen molar-refractivity contribution in [1.82, 2.24) is 10.2 Å². The Morgan fingerprint density at radius 2 is 2.00 bits per heavy atom. The number of nitrogens with one attached hydrogen (secondary N) is 1. The molecule has 8 heteroatoms. The van der Waals surface area contributed by atoms with E-state index in [1.165, 1.54) is 0 Å². The van der Waals surface area contributed by atoms with Gasteiger partial charge in [0.25, 0.3) is 17.1 Å². The second kappa shape index (κ2) is 9.76. The molecule has 150 valence electrons. The summed E-state index contributed by atoms with van der Waals surface area (Å²) in [6, 6.07) is 14.9. The van der Waals surface area contributed by atoms with Crippen LogP contribution >= 0.6 is 27.7 Å². The summed E-state index contributed by atoms with van der Waals surface area (Å²) >= 11 is 4.28. The van der Waals surface area contributed by atoms with Gasteiger partial charge in [-0.1, -0.05) is 46.3 Å². The smallest absolute Gasteiger partial charge is 0.293 e. The van der Waals surface area contributed by atoms with Crippen LogP contribution in [0.3, 0.4) is 0 Å². The van der Waals surface area contributed by atoms with E-state index in [1.807, 2.05) is 49.4 Å². The van der Waals surface area contributed by atoms with Crippen molar-refractivity contribution in [2.45, 2.75) is 6.92 Å². The number of amides is 3. The quantitative estimate of drug-likeness (QED) is 0.613. The number of hydrogen-bond donors (Lipinski definition) is 1. The molecule has 2 aromatic carbocycles. The molecular weight excluding hydrogens is 456 g/mol. The standard InChI is InChI=1S/C21H19BrN2O4S/c1-14-5-2-3-8-17(14)28-13-19(25)23-9-10-24-20(26)18(29-21(24)27)12-15-6-4-7-16(22)11-15/h2-8,11-12H,9-10,13H2,1H3,(H,23,25)/b18-12-. The fourth-order valence-corrected chi connectivity index (χ4v) is 3.94. The number of para-hydroxylation sites is 1. The van der Waals surface area contributed by atoms with Crippen LogP contribution in [0.1, 0.15) is 11.1 Å². The van der Waals surface area contributed by atoms with Gasteiger partial charge in [-0.05, 0) is 54.1 Å². The fourth-order valence-electron chi connectivity index (χ4n) is 2.66. The largest absolute Gasteiger partial charge is 0.484 e. The lowest BCUT2D eigenvalue weighted by molar-refractivity contribution is -0.125. The van der Waals surface area contributed by atoms with E-state index >= 15 is 0 Å². The molecule has 0 spiro atoms. The highest BCUT2D eigenvalue weighted by atomic mass is 79.9. The number of carbonyl (C=O) groups is 3. The van der Waals surface area contributed by atoms with Crippen LogP contribution in [0.4, 0.5) is 4.79 Å². The first-order valence-electron chi connectivity index (χ1n) is 8.90. The normalized spacial score (nSPS) is 15.1. The molecule has 1 fully saturated rings. The summed E-state index contributed by atoms with van der Waals surface area (Å²) in [5, 5.41) is 2.32. The van der Waals surface area contributed by atoms with Crippen molar-refractivity contribution in [2.75, 3.05) is 19.7 Å². The maximum Gasteiger partial charge on any atom is 0.293 e. The summed E-state index contributed by atoms with van der Waals surface area (Å²) in [7, 11) is 0. The molecule has 3 amide bonds. The Morgan fingerprint density at radius 3 is 2.76 bits per heavy atom. The Bertz CT molecular complexity index is 977. The van der Waals surface area contributed by atoms with E-state index in [4.69, 9.17) is 4.74 Å². The number of hydrogen-bond acceptors (Lipinski definition) is 5. The van der Waals surface area contributed by atoms with Crippen molar-refractivity contribution >= 4 is 50.8 Å². The van der Waals surface area contributed by atoms with E-state index in [0.717, 1.165) is 32.3 Å². The van der Waals surface area contributed by atoms with Gasteiger partial charge in [0.05, 0.1) is 4.91 Å². The van der Waals surface area contributed by atoms with Gasteiger partial charge in [-0.3, -0.25) is 19.3 Å². The van der Waals surface area contributed by atoms with Crippen LogP contribution in [-0.2, 0) is 9.59 Å². The second-order valence-electron chi connectivity index (χ2n) is 6.29. The van der Waals surface area contributed by atoms with Crippen LogP contribution in [-0.4, -0.2) is 41.6 Å². The molecule has 1 heterocycles. The number of halogens is 1. The minimum absolute atomic E-state index is 0.108. The SMILES string of the molecule is Cc1ccccc1OCC(=O)NCCN1C(=O)S/C(=C\c2cccc(Br)c2)C1=O. The predicted octanol–water partition coefficient (Wildman–Crippen LogP) is 3.99. The molecule has 0 atom stereocenters. The number of benzene rings is 2. The molecule has 1 aliphatic rings. The molecule has 0 aliphatic carbocycles. The third kappa shape index (κ3) is 5.71. The molecule has 1 saturated heterocycles. The average Bonchev–Trinajstić information content (AvgIpc) is 2.95. The molecular formula is C21H19BrN2O4S. The molecule has 1 N–H and O–H groups in total. The Labute approximate surface area is 181 Å². The van der Waals surface area contributed by atoms with Crippen LogP contribution in [0, 0.1) is 6.92 Å². The zero-order chi connectivity index (χ0) is 20.8. The topological polar surface area (TPSA) is 75.7 Å². The highest BCUT2D eigenvalue weighted by molar-refractivity contribution is 9.10. The number of thioether (sulfide) groups is 1. The van der Waals surface area contributed by atoms with E-state index in [9.17, 15) is 14.4 Å². The fraction of sp³-hybridized carbons (Fsp3) is 0.190. The van der Waals surface area contributed by atoms with E-state index < -0.39 is 0 Å². The van der Waals surface area contributed by atoms with Gasteiger partial charge in [0.1, 0.15) is 5.75 Å². The summed E-state index contributed by atoms with van der Waals surface area (Å²) in [5.74, 6) is -0.0263. The van der Waals surface area contributed by atoms with Crippen molar-refractivity contribution in [1.29, 1.82) is 0 Å². The molecule has 0 saturated carbocycles. The summed E-state index contributed by atoms with van der Waals surface area (Å²) in [4.78, 5) is 38.1. The van der Waals surface area contributed by atoms with Crippen molar-refractivity contribution in [2.24, 2.45) is 0 Å². The molecule has 1 aliphatic heterocycles. The number of carbonyl (C=O) groups excluding carboxylic acids is 3. The highest BCUT2D eigenvalue weighted by Gasteiger charge is 2.34. The van der Waals surface area contributed by atoms with Crippen LogP contribution in [0.25, 0.3) is 6.08 Å². The predicted molar refractivity (Wildman–Crippen MR) is 117 cm³/mol. The first-order chi connectivity index (χ1) is 13.9. The van der Waals surface area contributed by atoms with Gasteiger partial charge < -0.3 is 10.1 Å². The molecule has 0 unspecified atom stereocenters. The maximum atomic E-state index is 12.5. The van der Waals surface area contributed by atoms with Gasteiger partial charge in [0, 0.05) is 17.6 Å². The molecule has 0 radical (unpaired) electrons. The molecule has 29 heavy (non-hydrogen) atoms. The lowest BCUT2D eigenvalue weighted by Gasteiger charge is -2.13. The number of imide groups is 1. The van der Waals surface area contributed by atoms with Crippen LogP contribution in [0.15, 0.2) is 57.9 Å². The molecule has 3 rings (SSSR count). The Balaban J connectivity index is 1.49. The zero-order valence-corrected chi connectivity index (χ0v) is 18.1. The average molecular weight is 475 g/mol.